The van der Waals surface area contributed by atoms with E-state index < -0.39 is 0 Å². The highest BCUT2D eigenvalue weighted by molar-refractivity contribution is 6.02. The number of fused-ring (bicyclic) bond motifs is 2. The van der Waals surface area contributed by atoms with Crippen LogP contribution in [0, 0.1) is 5.82 Å². The Hall–Kier alpha value is -3.21. The Kier molecular flexibility index (Phi) is 3.46. The fourth-order valence-electron chi connectivity index (χ4n) is 2.89. The molecule has 4 nitrogen and oxygen atoms in total. The third kappa shape index (κ3) is 2.50. The molecule has 0 atom stereocenters. The number of nitrogens with zero attached hydrogens (tertiary/aromatic N) is 1. The molecule has 0 aliphatic heterocycles. The van der Waals surface area contributed by atoms with Crippen molar-refractivity contribution in [1.82, 2.24) is 9.97 Å². The molecular formula is C19H14FN3O. The molecule has 0 bridgehead atoms. The summed E-state index contributed by atoms with van der Waals surface area (Å²) in [7, 11) is 0. The average Bonchev–Trinajstić information content (AvgIpc) is 2.99. The number of carbonyl (C=O) groups excluding carboxylic acids is 1. The molecule has 5 heteroatoms. The zero-order valence-electron chi connectivity index (χ0n) is 12.7. The molecule has 2 aromatic heterocycles. The lowest BCUT2D eigenvalue weighted by molar-refractivity contribution is -0.115. The monoisotopic (exact) mass is 319 g/mol. The molecule has 4 aromatic rings. The van der Waals surface area contributed by atoms with E-state index in [9.17, 15) is 9.18 Å². The van der Waals surface area contributed by atoms with Gasteiger partial charge >= 0.3 is 0 Å². The maximum Gasteiger partial charge on any atom is 0.228 e. The molecule has 0 unspecified atom stereocenters. The number of anilines is 1. The van der Waals surface area contributed by atoms with Crippen LogP contribution < -0.4 is 5.32 Å². The second-order valence-electron chi connectivity index (χ2n) is 5.58. The third-order valence-corrected chi connectivity index (χ3v) is 4.01. The molecule has 0 aliphatic carbocycles. The second-order valence-corrected chi connectivity index (χ2v) is 5.58. The van der Waals surface area contributed by atoms with Crippen LogP contribution >= 0.6 is 0 Å². The lowest BCUT2D eigenvalue weighted by Crippen LogP contribution is -2.14. The number of halogens is 1. The van der Waals surface area contributed by atoms with Crippen LogP contribution in [0.1, 0.15) is 5.56 Å². The first kappa shape index (κ1) is 14.4. The minimum absolute atomic E-state index is 0.159. The molecule has 2 heterocycles. The van der Waals surface area contributed by atoms with Gasteiger partial charge in [-0.05, 0) is 23.8 Å². The van der Waals surface area contributed by atoms with Gasteiger partial charge in [-0.2, -0.15) is 0 Å². The Morgan fingerprint density at radius 3 is 2.88 bits per heavy atom. The first-order chi connectivity index (χ1) is 11.7. The van der Waals surface area contributed by atoms with Crippen molar-refractivity contribution in [1.29, 1.82) is 0 Å². The summed E-state index contributed by atoms with van der Waals surface area (Å²) in [5, 5.41) is 4.58. The number of amides is 1. The topological polar surface area (TPSA) is 57.8 Å². The van der Waals surface area contributed by atoms with Crippen LogP contribution in [0.25, 0.3) is 21.8 Å². The van der Waals surface area contributed by atoms with Crippen LogP contribution in [0.3, 0.4) is 0 Å². The number of hydrogen-bond donors (Lipinski definition) is 2. The van der Waals surface area contributed by atoms with Gasteiger partial charge in [-0.25, -0.2) is 4.39 Å². The van der Waals surface area contributed by atoms with Crippen molar-refractivity contribution in [3.05, 3.63) is 72.3 Å². The number of carbonyl (C=O) groups is 1. The number of rotatable bonds is 3. The van der Waals surface area contributed by atoms with Gasteiger partial charge in [0.1, 0.15) is 5.82 Å². The van der Waals surface area contributed by atoms with E-state index in [-0.39, 0.29) is 18.1 Å². The largest absolute Gasteiger partial charge is 0.359 e. The lowest BCUT2D eigenvalue weighted by atomic mass is 10.1. The first-order valence-electron chi connectivity index (χ1n) is 7.60. The number of nitrogens with one attached hydrogen (secondary N) is 2. The summed E-state index contributed by atoms with van der Waals surface area (Å²) in [6, 6.07) is 14.3. The highest BCUT2D eigenvalue weighted by Crippen LogP contribution is 2.23. The average molecular weight is 319 g/mol. The Labute approximate surface area is 137 Å². The van der Waals surface area contributed by atoms with Crippen molar-refractivity contribution in [3.63, 3.8) is 0 Å². The molecule has 0 aliphatic rings. The maximum atomic E-state index is 13.7. The molecule has 1 amide bonds. The van der Waals surface area contributed by atoms with Crippen LogP contribution in [-0.4, -0.2) is 15.9 Å². The number of hydrogen-bond acceptors (Lipinski definition) is 2. The molecule has 24 heavy (non-hydrogen) atoms. The Balaban J connectivity index is 1.61. The van der Waals surface area contributed by atoms with Gasteiger partial charge in [-0.15, -0.1) is 0 Å². The predicted molar refractivity (Wildman–Crippen MR) is 92.3 cm³/mol. The van der Waals surface area contributed by atoms with Gasteiger partial charge in [-0.3, -0.25) is 9.78 Å². The Morgan fingerprint density at radius 1 is 1.12 bits per heavy atom. The molecule has 0 spiro atoms. The van der Waals surface area contributed by atoms with Crippen molar-refractivity contribution in [2.45, 2.75) is 6.42 Å². The van der Waals surface area contributed by atoms with Crippen LogP contribution in [0.15, 0.2) is 60.9 Å². The number of H-pyrrole nitrogens is 1. The van der Waals surface area contributed by atoms with E-state index in [0.29, 0.717) is 11.2 Å². The molecule has 0 saturated carbocycles. The Bertz CT molecular complexity index is 1050. The number of aromatic nitrogens is 2. The fraction of sp³-hybridized carbons (Fsp3) is 0.0526. The molecule has 0 radical (unpaired) electrons. The van der Waals surface area contributed by atoms with E-state index in [2.05, 4.69) is 15.3 Å². The minimum Gasteiger partial charge on any atom is -0.359 e. The van der Waals surface area contributed by atoms with Crippen molar-refractivity contribution in [2.75, 3.05) is 5.32 Å². The van der Waals surface area contributed by atoms with Crippen LogP contribution in [0.4, 0.5) is 10.1 Å². The van der Waals surface area contributed by atoms with Gasteiger partial charge in [0.25, 0.3) is 0 Å². The molecule has 0 saturated heterocycles. The predicted octanol–water partition coefficient (Wildman–Crippen LogP) is 4.04. The fourth-order valence-corrected chi connectivity index (χ4v) is 2.89. The number of para-hydroxylation sites is 2. The quantitative estimate of drug-likeness (QED) is 0.599. The highest BCUT2D eigenvalue weighted by Gasteiger charge is 2.12. The first-order valence-corrected chi connectivity index (χ1v) is 7.60. The normalized spacial score (nSPS) is 11.0. The summed E-state index contributed by atoms with van der Waals surface area (Å²) in [4.78, 5) is 19.6. The van der Waals surface area contributed by atoms with Crippen molar-refractivity contribution >= 4 is 33.4 Å². The summed E-state index contributed by atoms with van der Waals surface area (Å²) >= 11 is 0. The van der Waals surface area contributed by atoms with Crippen LogP contribution in [0.2, 0.25) is 0 Å². The van der Waals surface area contributed by atoms with E-state index in [0.717, 1.165) is 21.9 Å². The van der Waals surface area contributed by atoms with Crippen LogP contribution in [-0.2, 0) is 11.2 Å². The van der Waals surface area contributed by atoms with E-state index >= 15 is 0 Å². The van der Waals surface area contributed by atoms with Gasteiger partial charge in [-0.1, -0.05) is 30.3 Å². The van der Waals surface area contributed by atoms with E-state index in [4.69, 9.17) is 0 Å². The zero-order chi connectivity index (χ0) is 16.5. The summed E-state index contributed by atoms with van der Waals surface area (Å²) in [6.07, 6.45) is 3.53. The van der Waals surface area contributed by atoms with Crippen molar-refractivity contribution < 1.29 is 9.18 Å². The van der Waals surface area contributed by atoms with E-state index in [1.165, 1.54) is 6.07 Å². The van der Waals surface area contributed by atoms with Gasteiger partial charge in [0, 0.05) is 23.2 Å². The number of aromatic amines is 1. The molecule has 0 fully saturated rings. The van der Waals surface area contributed by atoms with E-state index in [1.807, 2.05) is 30.3 Å². The summed E-state index contributed by atoms with van der Waals surface area (Å²) in [5.41, 5.74) is 2.60. The van der Waals surface area contributed by atoms with Gasteiger partial charge in [0.15, 0.2) is 0 Å². The number of benzene rings is 2. The van der Waals surface area contributed by atoms with E-state index in [1.54, 1.807) is 24.5 Å². The van der Waals surface area contributed by atoms with Crippen molar-refractivity contribution in [2.24, 2.45) is 0 Å². The molecular weight excluding hydrogens is 305 g/mol. The molecule has 2 aromatic carbocycles. The van der Waals surface area contributed by atoms with Gasteiger partial charge < -0.3 is 10.3 Å². The molecule has 118 valence electrons. The van der Waals surface area contributed by atoms with Crippen LogP contribution in [0.5, 0.6) is 0 Å². The SMILES string of the molecule is O=C(Cc1c[nH]c2c(F)cccc12)Nc1cccc2cccnc12. The smallest absolute Gasteiger partial charge is 0.228 e. The molecule has 4 rings (SSSR count). The maximum absolute atomic E-state index is 13.7. The lowest BCUT2D eigenvalue weighted by Gasteiger charge is -2.07. The summed E-state index contributed by atoms with van der Waals surface area (Å²) in [6.45, 7) is 0. The summed E-state index contributed by atoms with van der Waals surface area (Å²) < 4.78 is 13.7. The minimum atomic E-state index is -0.322. The van der Waals surface area contributed by atoms with Crippen molar-refractivity contribution in [3.8, 4) is 0 Å². The standard InChI is InChI=1S/C19H14FN3O/c20-15-7-2-6-14-13(11-22-19(14)15)10-17(24)23-16-8-1-4-12-5-3-9-21-18(12)16/h1-9,11,22H,10H2,(H,23,24). The Morgan fingerprint density at radius 2 is 1.96 bits per heavy atom. The third-order valence-electron chi connectivity index (χ3n) is 4.01. The second kappa shape index (κ2) is 5.77. The molecule has 2 N–H and O–H groups in total. The van der Waals surface area contributed by atoms with Gasteiger partial charge in [0.05, 0.1) is 23.1 Å². The number of pyridine rings is 1. The summed E-state index contributed by atoms with van der Waals surface area (Å²) in [5.74, 6) is -0.490. The zero-order valence-corrected chi connectivity index (χ0v) is 12.7. The van der Waals surface area contributed by atoms with Gasteiger partial charge in [0.2, 0.25) is 5.91 Å². The highest BCUT2D eigenvalue weighted by atomic mass is 19.1.